The highest BCUT2D eigenvalue weighted by atomic mass is 19.4. The van der Waals surface area contributed by atoms with Gasteiger partial charge in [0.2, 0.25) is 0 Å². The molecule has 1 unspecified atom stereocenters. The van der Waals surface area contributed by atoms with Crippen LogP contribution in [-0.4, -0.2) is 37.2 Å². The minimum atomic E-state index is -6.11. The number of hydrogen-bond donors (Lipinski definition) is 0. The van der Waals surface area contributed by atoms with Gasteiger partial charge in [0.05, 0.1) is 0 Å². The van der Waals surface area contributed by atoms with Crippen molar-refractivity contribution in [3.63, 3.8) is 0 Å². The van der Waals surface area contributed by atoms with Crippen LogP contribution < -0.4 is 0 Å². The summed E-state index contributed by atoms with van der Waals surface area (Å²) in [4.78, 5) is 0. The van der Waals surface area contributed by atoms with Crippen LogP contribution in [0.2, 0.25) is 0 Å². The molecule has 0 saturated carbocycles. The summed E-state index contributed by atoms with van der Waals surface area (Å²) in [5.41, 5.74) is 0. The molecule has 19 heavy (non-hydrogen) atoms. The molecule has 0 N–H and O–H groups in total. The predicted octanol–water partition coefficient (Wildman–Crippen LogP) is 4.08. The van der Waals surface area contributed by atoms with Crippen LogP contribution in [0.3, 0.4) is 0 Å². The molecule has 1 atom stereocenters. The van der Waals surface area contributed by atoms with E-state index in [2.05, 4.69) is 4.74 Å². The second kappa shape index (κ2) is 5.29. The summed E-state index contributed by atoms with van der Waals surface area (Å²) in [6.45, 7) is -2.71. The van der Waals surface area contributed by atoms with Gasteiger partial charge in [-0.2, -0.15) is 35.1 Å². The van der Waals surface area contributed by atoms with E-state index in [0.29, 0.717) is 0 Å². The molecule has 0 bridgehead atoms. The van der Waals surface area contributed by atoms with Gasteiger partial charge >= 0.3 is 18.5 Å². The molecule has 0 heterocycles. The molecule has 0 aliphatic heterocycles. The first-order valence-electron chi connectivity index (χ1n) is 4.24. The van der Waals surface area contributed by atoms with E-state index >= 15 is 0 Å². The molecule has 0 saturated heterocycles. The molecular formula is C7H5F11O. The van der Waals surface area contributed by atoms with E-state index in [1.165, 1.54) is 0 Å². The standard InChI is InChI=1S/C7H5F11O/c8-3(6(14,15)16)7(17,18)19-2-4(9,10)1-5(11,12)13/h3H,1-2H2. The average Bonchev–Trinajstić information content (AvgIpc) is 2.08. The van der Waals surface area contributed by atoms with Gasteiger partial charge in [-0.15, -0.1) is 0 Å². The monoisotopic (exact) mass is 314 g/mol. The maximum atomic E-state index is 12.4. The minimum absolute atomic E-state index is 2.65. The fourth-order valence-electron chi connectivity index (χ4n) is 0.810. The van der Waals surface area contributed by atoms with E-state index in [1.807, 2.05) is 0 Å². The fourth-order valence-corrected chi connectivity index (χ4v) is 0.810. The van der Waals surface area contributed by atoms with Crippen molar-refractivity contribution in [2.45, 2.75) is 37.0 Å². The highest BCUT2D eigenvalue weighted by Crippen LogP contribution is 2.38. The van der Waals surface area contributed by atoms with Gasteiger partial charge in [0.1, 0.15) is 13.0 Å². The number of ether oxygens (including phenoxy) is 1. The van der Waals surface area contributed by atoms with Crippen LogP contribution in [0.5, 0.6) is 0 Å². The molecule has 0 fully saturated rings. The number of hydrogen-bond acceptors (Lipinski definition) is 1. The Kier molecular flexibility index (Phi) is 5.06. The van der Waals surface area contributed by atoms with Gasteiger partial charge < -0.3 is 4.74 Å². The third-order valence-electron chi connectivity index (χ3n) is 1.52. The zero-order valence-electron chi connectivity index (χ0n) is 8.56. The van der Waals surface area contributed by atoms with Crippen LogP contribution in [0.25, 0.3) is 0 Å². The Bertz CT molecular complexity index is 290. The SMILES string of the molecule is FC(C(F)(F)F)C(F)(F)OCC(F)(F)CC(F)(F)F. The molecule has 0 aromatic rings. The molecule has 0 spiro atoms. The van der Waals surface area contributed by atoms with Crippen LogP contribution in [0.1, 0.15) is 6.42 Å². The van der Waals surface area contributed by atoms with Crippen LogP contribution in [0, 0.1) is 0 Å². The largest absolute Gasteiger partial charge is 0.428 e. The van der Waals surface area contributed by atoms with E-state index in [1.54, 1.807) is 0 Å². The third-order valence-corrected chi connectivity index (χ3v) is 1.52. The third kappa shape index (κ3) is 6.78. The zero-order valence-corrected chi connectivity index (χ0v) is 8.56. The summed E-state index contributed by atoms with van der Waals surface area (Å²) in [6.07, 6.45) is -25.1. The smallest absolute Gasteiger partial charge is 0.312 e. The Morgan fingerprint density at radius 2 is 1.21 bits per heavy atom. The van der Waals surface area contributed by atoms with Crippen molar-refractivity contribution in [2.75, 3.05) is 6.61 Å². The predicted molar refractivity (Wildman–Crippen MR) is 37.5 cm³/mol. The highest BCUT2D eigenvalue weighted by Gasteiger charge is 2.59. The van der Waals surface area contributed by atoms with Crippen molar-refractivity contribution < 1.29 is 53.0 Å². The minimum Gasteiger partial charge on any atom is -0.312 e. The number of alkyl halides is 11. The second-order valence-electron chi connectivity index (χ2n) is 3.40. The summed E-state index contributed by atoms with van der Waals surface area (Å²) in [6, 6.07) is 0. The van der Waals surface area contributed by atoms with Crippen LogP contribution in [0.4, 0.5) is 48.3 Å². The molecule has 0 amide bonds. The van der Waals surface area contributed by atoms with Crippen molar-refractivity contribution >= 4 is 0 Å². The molecule has 1 nitrogen and oxygen atoms in total. The summed E-state index contributed by atoms with van der Waals surface area (Å²) >= 11 is 0. The Morgan fingerprint density at radius 1 is 0.789 bits per heavy atom. The molecule has 0 aromatic heterocycles. The normalized spacial score (nSPS) is 16.6. The van der Waals surface area contributed by atoms with Gasteiger partial charge in [0.15, 0.2) is 0 Å². The lowest BCUT2D eigenvalue weighted by molar-refractivity contribution is -0.349. The number of halogens is 11. The van der Waals surface area contributed by atoms with E-state index in [4.69, 9.17) is 0 Å². The summed E-state index contributed by atoms with van der Waals surface area (Å²) < 4.78 is 134. The summed E-state index contributed by atoms with van der Waals surface area (Å²) in [5.74, 6) is -4.91. The van der Waals surface area contributed by atoms with Gasteiger partial charge in [-0.05, 0) is 0 Å². The second-order valence-corrected chi connectivity index (χ2v) is 3.40. The Labute approximate surface area is 97.9 Å². The van der Waals surface area contributed by atoms with E-state index in [0.717, 1.165) is 0 Å². The lowest BCUT2D eigenvalue weighted by Gasteiger charge is -2.25. The highest BCUT2D eigenvalue weighted by molar-refractivity contribution is 4.78. The maximum absolute atomic E-state index is 12.4. The molecular weight excluding hydrogens is 309 g/mol. The molecule has 0 aliphatic rings. The van der Waals surface area contributed by atoms with Gasteiger partial charge in [-0.25, -0.2) is 13.2 Å². The topological polar surface area (TPSA) is 9.23 Å². The van der Waals surface area contributed by atoms with Crippen molar-refractivity contribution in [1.29, 1.82) is 0 Å². The van der Waals surface area contributed by atoms with Gasteiger partial charge in [0.25, 0.3) is 12.1 Å². The first kappa shape index (κ1) is 18.2. The number of rotatable bonds is 5. The maximum Gasteiger partial charge on any atom is 0.428 e. The van der Waals surface area contributed by atoms with Gasteiger partial charge in [-0.1, -0.05) is 0 Å². The molecule has 116 valence electrons. The first-order chi connectivity index (χ1) is 8.07. The molecule has 0 rings (SSSR count). The quantitative estimate of drug-likeness (QED) is 0.695. The summed E-state index contributed by atoms with van der Waals surface area (Å²) in [5, 5.41) is 0. The lowest BCUT2D eigenvalue weighted by atomic mass is 10.2. The molecule has 0 aliphatic carbocycles. The van der Waals surface area contributed by atoms with Crippen molar-refractivity contribution in [1.82, 2.24) is 0 Å². The fraction of sp³-hybridized carbons (Fsp3) is 1.00. The van der Waals surface area contributed by atoms with E-state index in [-0.39, 0.29) is 0 Å². The Balaban J connectivity index is 4.62. The first-order valence-corrected chi connectivity index (χ1v) is 4.24. The van der Waals surface area contributed by atoms with Crippen LogP contribution >= 0.6 is 0 Å². The van der Waals surface area contributed by atoms with Crippen LogP contribution in [-0.2, 0) is 4.74 Å². The molecule has 0 radical (unpaired) electrons. The Hall–Kier alpha value is -0.810. The van der Waals surface area contributed by atoms with Crippen molar-refractivity contribution in [3.8, 4) is 0 Å². The summed E-state index contributed by atoms with van der Waals surface area (Å²) in [7, 11) is 0. The van der Waals surface area contributed by atoms with Gasteiger partial charge in [-0.3, -0.25) is 0 Å². The lowest BCUT2D eigenvalue weighted by Crippen LogP contribution is -2.46. The van der Waals surface area contributed by atoms with Crippen molar-refractivity contribution in [3.05, 3.63) is 0 Å². The average molecular weight is 314 g/mol. The van der Waals surface area contributed by atoms with E-state index in [9.17, 15) is 48.3 Å². The van der Waals surface area contributed by atoms with Crippen molar-refractivity contribution in [2.24, 2.45) is 0 Å². The zero-order chi connectivity index (χ0) is 15.7. The van der Waals surface area contributed by atoms with E-state index < -0.39 is 43.6 Å². The Morgan fingerprint density at radius 3 is 1.53 bits per heavy atom. The molecule has 12 heteroatoms. The van der Waals surface area contributed by atoms with Crippen LogP contribution in [0.15, 0.2) is 0 Å². The van der Waals surface area contributed by atoms with Gasteiger partial charge in [0, 0.05) is 0 Å². The molecule has 0 aromatic carbocycles.